The van der Waals surface area contributed by atoms with Crippen LogP contribution in [0.3, 0.4) is 0 Å². The van der Waals surface area contributed by atoms with E-state index in [1.807, 2.05) is 19.1 Å². The Labute approximate surface area is 141 Å². The molecule has 2 aromatic rings. The normalized spacial score (nSPS) is 15.7. The van der Waals surface area contributed by atoms with Crippen LogP contribution in [0.5, 0.6) is 0 Å². The molecule has 1 fully saturated rings. The predicted molar refractivity (Wildman–Crippen MR) is 89.9 cm³/mol. The summed E-state index contributed by atoms with van der Waals surface area (Å²) in [5.74, 6) is -0.317. The monoisotopic (exact) mass is 345 g/mol. The molecule has 1 atom stereocenters. The zero-order chi connectivity index (χ0) is 17.2. The number of hydrogen-bond acceptors (Lipinski definition) is 4. The van der Waals surface area contributed by atoms with Crippen LogP contribution in [0.4, 0.5) is 0 Å². The highest BCUT2D eigenvalue weighted by Crippen LogP contribution is 2.22. The molecule has 7 heteroatoms. The summed E-state index contributed by atoms with van der Waals surface area (Å²) < 4.78 is 27.1. The van der Waals surface area contributed by atoms with Crippen molar-refractivity contribution in [3.05, 3.63) is 59.9 Å². The highest BCUT2D eigenvalue weighted by molar-refractivity contribution is 7.89. The number of benzene rings is 1. The molecule has 1 aromatic heterocycles. The van der Waals surface area contributed by atoms with Crippen molar-refractivity contribution in [3.63, 3.8) is 0 Å². The van der Waals surface area contributed by atoms with Crippen LogP contribution in [0.25, 0.3) is 0 Å². The Morgan fingerprint density at radius 2 is 1.92 bits per heavy atom. The number of pyridine rings is 1. The second-order valence-electron chi connectivity index (χ2n) is 5.90. The lowest BCUT2D eigenvalue weighted by Crippen LogP contribution is -2.28. The van der Waals surface area contributed by atoms with E-state index in [0.29, 0.717) is 5.56 Å². The summed E-state index contributed by atoms with van der Waals surface area (Å²) in [5.41, 5.74) is 1.24. The van der Waals surface area contributed by atoms with Crippen LogP contribution in [0, 0.1) is 0 Å². The Bertz CT molecular complexity index is 833. The lowest BCUT2D eigenvalue weighted by Gasteiger charge is -2.14. The highest BCUT2D eigenvalue weighted by Gasteiger charge is 2.28. The first-order chi connectivity index (χ1) is 11.5. The van der Waals surface area contributed by atoms with Gasteiger partial charge >= 0.3 is 0 Å². The van der Waals surface area contributed by atoms with Gasteiger partial charge in [-0.1, -0.05) is 6.07 Å². The Hall–Kier alpha value is -2.25. The summed E-state index contributed by atoms with van der Waals surface area (Å²) in [6.45, 7) is 1.86. The number of nitrogens with one attached hydrogen (secondary N) is 2. The lowest BCUT2D eigenvalue weighted by atomic mass is 10.1. The second kappa shape index (κ2) is 6.70. The third kappa shape index (κ3) is 3.98. The topological polar surface area (TPSA) is 88.2 Å². The van der Waals surface area contributed by atoms with Crippen LogP contribution in [0.15, 0.2) is 53.7 Å². The maximum absolute atomic E-state index is 12.4. The van der Waals surface area contributed by atoms with Gasteiger partial charge in [-0.3, -0.25) is 9.78 Å². The summed E-state index contributed by atoms with van der Waals surface area (Å²) in [7, 11) is -3.57. The number of carbonyl (C=O) groups is 1. The van der Waals surface area contributed by atoms with Crippen molar-refractivity contribution in [2.45, 2.75) is 36.7 Å². The molecule has 1 aliphatic rings. The first-order valence-electron chi connectivity index (χ1n) is 7.79. The third-order valence-electron chi connectivity index (χ3n) is 3.86. The molecule has 1 heterocycles. The molecular weight excluding hydrogens is 326 g/mol. The summed E-state index contributed by atoms with van der Waals surface area (Å²) in [4.78, 5) is 16.5. The molecule has 1 aromatic carbocycles. The minimum absolute atomic E-state index is 0.0270. The summed E-state index contributed by atoms with van der Waals surface area (Å²) in [5, 5.41) is 2.86. The van der Waals surface area contributed by atoms with E-state index >= 15 is 0 Å². The van der Waals surface area contributed by atoms with Gasteiger partial charge in [0.1, 0.15) is 0 Å². The standard InChI is InChI=1S/C17H19N3O3S/c1-12(13-7-9-18-10-8-13)19-17(21)14-3-2-4-16(11-14)24(22,23)20-15-5-6-15/h2-4,7-12,15,20H,5-6H2,1H3,(H,19,21). The van der Waals surface area contributed by atoms with E-state index in [0.717, 1.165) is 18.4 Å². The number of carbonyl (C=O) groups excluding carboxylic acids is 1. The van der Waals surface area contributed by atoms with Gasteiger partial charge in [0, 0.05) is 24.0 Å². The van der Waals surface area contributed by atoms with Gasteiger partial charge in [0.05, 0.1) is 10.9 Å². The molecule has 0 saturated heterocycles. The van der Waals surface area contributed by atoms with E-state index in [1.165, 1.54) is 12.1 Å². The zero-order valence-electron chi connectivity index (χ0n) is 13.3. The van der Waals surface area contributed by atoms with E-state index in [9.17, 15) is 13.2 Å². The molecular formula is C17H19N3O3S. The van der Waals surface area contributed by atoms with Crippen molar-refractivity contribution in [2.24, 2.45) is 0 Å². The minimum atomic E-state index is -3.57. The van der Waals surface area contributed by atoms with Gasteiger partial charge in [0.15, 0.2) is 0 Å². The largest absolute Gasteiger partial charge is 0.346 e. The summed E-state index contributed by atoms with van der Waals surface area (Å²) >= 11 is 0. The van der Waals surface area contributed by atoms with Gasteiger partial charge in [-0.15, -0.1) is 0 Å². The van der Waals surface area contributed by atoms with E-state index in [4.69, 9.17) is 0 Å². The van der Waals surface area contributed by atoms with E-state index < -0.39 is 10.0 Å². The van der Waals surface area contributed by atoms with Crippen molar-refractivity contribution in [1.82, 2.24) is 15.0 Å². The molecule has 6 nitrogen and oxygen atoms in total. The van der Waals surface area contributed by atoms with E-state index in [1.54, 1.807) is 24.5 Å². The minimum Gasteiger partial charge on any atom is -0.346 e. The first-order valence-corrected chi connectivity index (χ1v) is 9.27. The van der Waals surface area contributed by atoms with Crippen molar-refractivity contribution >= 4 is 15.9 Å². The molecule has 1 amide bonds. The Kier molecular flexibility index (Phi) is 4.64. The van der Waals surface area contributed by atoms with Crippen LogP contribution in [-0.2, 0) is 10.0 Å². The number of hydrogen-bond donors (Lipinski definition) is 2. The van der Waals surface area contributed by atoms with Crippen molar-refractivity contribution in [3.8, 4) is 0 Å². The van der Waals surface area contributed by atoms with Crippen LogP contribution in [0.2, 0.25) is 0 Å². The van der Waals surface area contributed by atoms with Gasteiger partial charge in [-0.2, -0.15) is 0 Å². The fourth-order valence-corrected chi connectivity index (χ4v) is 3.66. The number of sulfonamides is 1. The van der Waals surface area contributed by atoms with Crippen molar-refractivity contribution in [2.75, 3.05) is 0 Å². The molecule has 2 N–H and O–H groups in total. The molecule has 1 unspecified atom stereocenters. The number of nitrogens with zero attached hydrogens (tertiary/aromatic N) is 1. The predicted octanol–water partition coefficient (Wildman–Crippen LogP) is 2.01. The van der Waals surface area contributed by atoms with Gasteiger partial charge in [0.2, 0.25) is 10.0 Å². The highest BCUT2D eigenvalue weighted by atomic mass is 32.2. The van der Waals surface area contributed by atoms with Crippen molar-refractivity contribution in [1.29, 1.82) is 0 Å². The van der Waals surface area contributed by atoms with Crippen LogP contribution in [0.1, 0.15) is 41.7 Å². The van der Waals surface area contributed by atoms with Gasteiger partial charge in [-0.05, 0) is 55.7 Å². The fraction of sp³-hybridized carbons (Fsp3) is 0.294. The Balaban J connectivity index is 1.74. The average molecular weight is 345 g/mol. The molecule has 0 radical (unpaired) electrons. The maximum atomic E-state index is 12.4. The van der Waals surface area contributed by atoms with Crippen LogP contribution >= 0.6 is 0 Å². The lowest BCUT2D eigenvalue weighted by molar-refractivity contribution is 0.0939. The van der Waals surface area contributed by atoms with Gasteiger partial charge < -0.3 is 5.32 Å². The van der Waals surface area contributed by atoms with E-state index in [-0.39, 0.29) is 22.9 Å². The quantitative estimate of drug-likeness (QED) is 0.838. The SMILES string of the molecule is CC(NC(=O)c1cccc(S(=O)(=O)NC2CC2)c1)c1ccncc1. The molecule has 0 bridgehead atoms. The van der Waals surface area contributed by atoms with E-state index in [2.05, 4.69) is 15.0 Å². The zero-order valence-corrected chi connectivity index (χ0v) is 14.1. The maximum Gasteiger partial charge on any atom is 0.251 e. The second-order valence-corrected chi connectivity index (χ2v) is 7.61. The first kappa shape index (κ1) is 16.6. The Morgan fingerprint density at radius 3 is 2.58 bits per heavy atom. The Morgan fingerprint density at radius 1 is 1.21 bits per heavy atom. The fourth-order valence-electron chi connectivity index (χ4n) is 2.31. The molecule has 0 aliphatic heterocycles. The number of rotatable bonds is 6. The average Bonchev–Trinajstić information content (AvgIpc) is 3.39. The summed E-state index contributed by atoms with van der Waals surface area (Å²) in [6, 6.07) is 9.55. The third-order valence-corrected chi connectivity index (χ3v) is 5.38. The molecule has 126 valence electrons. The molecule has 1 aliphatic carbocycles. The van der Waals surface area contributed by atoms with Crippen LogP contribution in [-0.4, -0.2) is 25.4 Å². The van der Waals surface area contributed by atoms with Gasteiger partial charge in [-0.25, -0.2) is 13.1 Å². The molecule has 24 heavy (non-hydrogen) atoms. The molecule has 0 spiro atoms. The number of aromatic nitrogens is 1. The van der Waals surface area contributed by atoms with Crippen LogP contribution < -0.4 is 10.0 Å². The molecule has 3 rings (SSSR count). The van der Waals surface area contributed by atoms with Crippen molar-refractivity contribution < 1.29 is 13.2 Å². The summed E-state index contributed by atoms with van der Waals surface area (Å²) in [6.07, 6.45) is 5.05. The smallest absolute Gasteiger partial charge is 0.251 e. The van der Waals surface area contributed by atoms with Gasteiger partial charge in [0.25, 0.3) is 5.91 Å². The number of amides is 1. The molecule has 1 saturated carbocycles.